The van der Waals surface area contributed by atoms with Gasteiger partial charge >= 0.3 is 0 Å². The number of methoxy groups -OCH3 is 1. The summed E-state index contributed by atoms with van der Waals surface area (Å²) in [5, 5.41) is 23.2. The van der Waals surface area contributed by atoms with Crippen molar-refractivity contribution in [3.05, 3.63) is 51.8 Å². The molecule has 8 heteroatoms. The molecule has 2 aromatic rings. The zero-order chi connectivity index (χ0) is 20.8. The Labute approximate surface area is 167 Å². The standard InChI is InChI=1S/C21H21N3O5/c1-28-20-12-16(24(26)27)7-9-18(20)19-10-8-17(29-19)11-14(13-22)21(25)23-15-5-3-2-4-6-15/h7-12,15H,2-6H2,1H3,(H,23,25)/b14-11-. The molecule has 150 valence electrons. The highest BCUT2D eigenvalue weighted by molar-refractivity contribution is 6.01. The number of non-ortho nitro benzene ring substituents is 1. The first-order valence-corrected chi connectivity index (χ1v) is 9.37. The normalized spacial score (nSPS) is 14.8. The molecular formula is C21H21N3O5. The number of amides is 1. The van der Waals surface area contributed by atoms with Crippen molar-refractivity contribution >= 4 is 17.7 Å². The third-order valence-electron chi connectivity index (χ3n) is 4.88. The maximum absolute atomic E-state index is 12.4. The van der Waals surface area contributed by atoms with E-state index >= 15 is 0 Å². The summed E-state index contributed by atoms with van der Waals surface area (Å²) in [5.41, 5.74) is 0.401. The highest BCUT2D eigenvalue weighted by Crippen LogP contribution is 2.34. The minimum absolute atomic E-state index is 0.0351. The van der Waals surface area contributed by atoms with Gasteiger partial charge in [0.25, 0.3) is 11.6 Å². The van der Waals surface area contributed by atoms with Gasteiger partial charge in [0.1, 0.15) is 28.9 Å². The predicted molar refractivity (Wildman–Crippen MR) is 106 cm³/mol. The molecule has 1 amide bonds. The maximum atomic E-state index is 12.4. The van der Waals surface area contributed by atoms with E-state index in [0.29, 0.717) is 22.8 Å². The van der Waals surface area contributed by atoms with Gasteiger partial charge in [-0.3, -0.25) is 14.9 Å². The number of furan rings is 1. The van der Waals surface area contributed by atoms with Gasteiger partial charge in [0.2, 0.25) is 0 Å². The lowest BCUT2D eigenvalue weighted by atomic mass is 9.95. The summed E-state index contributed by atoms with van der Waals surface area (Å²) >= 11 is 0. The van der Waals surface area contributed by atoms with E-state index in [0.717, 1.165) is 25.7 Å². The molecule has 1 saturated carbocycles. The van der Waals surface area contributed by atoms with Gasteiger partial charge in [-0.1, -0.05) is 19.3 Å². The first-order valence-electron chi connectivity index (χ1n) is 9.37. The van der Waals surface area contributed by atoms with Crippen molar-refractivity contribution in [2.24, 2.45) is 0 Å². The van der Waals surface area contributed by atoms with Crippen LogP contribution in [0.4, 0.5) is 5.69 Å². The molecule has 0 saturated heterocycles. The van der Waals surface area contributed by atoms with E-state index in [-0.39, 0.29) is 17.3 Å². The molecule has 29 heavy (non-hydrogen) atoms. The zero-order valence-corrected chi connectivity index (χ0v) is 16.0. The van der Waals surface area contributed by atoms with Crippen LogP contribution in [0.3, 0.4) is 0 Å². The Morgan fingerprint density at radius 2 is 2.07 bits per heavy atom. The summed E-state index contributed by atoms with van der Waals surface area (Å²) in [4.78, 5) is 22.8. The molecule has 1 heterocycles. The molecule has 1 aliphatic carbocycles. The summed E-state index contributed by atoms with van der Waals surface area (Å²) in [6.07, 6.45) is 6.57. The fourth-order valence-electron chi connectivity index (χ4n) is 3.37. The molecule has 0 aliphatic heterocycles. The van der Waals surface area contributed by atoms with Crippen LogP contribution in [0.5, 0.6) is 5.75 Å². The van der Waals surface area contributed by atoms with Crippen LogP contribution in [0, 0.1) is 21.4 Å². The Morgan fingerprint density at radius 3 is 2.72 bits per heavy atom. The van der Waals surface area contributed by atoms with E-state index in [1.165, 1.54) is 37.8 Å². The lowest BCUT2D eigenvalue weighted by molar-refractivity contribution is -0.384. The number of nitro benzene ring substituents is 1. The first-order chi connectivity index (χ1) is 14.0. The molecule has 8 nitrogen and oxygen atoms in total. The highest BCUT2D eigenvalue weighted by atomic mass is 16.6. The van der Waals surface area contributed by atoms with Gasteiger partial charge in [0.05, 0.1) is 23.7 Å². The number of hydrogen-bond acceptors (Lipinski definition) is 6. The number of rotatable bonds is 6. The summed E-state index contributed by atoms with van der Waals surface area (Å²) in [7, 11) is 1.41. The smallest absolute Gasteiger partial charge is 0.273 e. The molecule has 1 aromatic heterocycles. The minimum Gasteiger partial charge on any atom is -0.496 e. The molecule has 1 aromatic carbocycles. The van der Waals surface area contributed by atoms with E-state index in [9.17, 15) is 20.2 Å². The number of carbonyl (C=O) groups excluding carboxylic acids is 1. The van der Waals surface area contributed by atoms with E-state index in [2.05, 4.69) is 5.32 Å². The zero-order valence-electron chi connectivity index (χ0n) is 16.0. The van der Waals surface area contributed by atoms with Gasteiger partial charge in [-0.2, -0.15) is 5.26 Å². The van der Waals surface area contributed by atoms with Gasteiger partial charge in [-0.15, -0.1) is 0 Å². The van der Waals surface area contributed by atoms with Crippen molar-refractivity contribution in [1.82, 2.24) is 5.32 Å². The Bertz CT molecular complexity index is 980. The molecule has 1 fully saturated rings. The average molecular weight is 395 g/mol. The average Bonchev–Trinajstić information content (AvgIpc) is 3.20. The largest absolute Gasteiger partial charge is 0.496 e. The Morgan fingerprint density at radius 1 is 1.31 bits per heavy atom. The molecule has 0 radical (unpaired) electrons. The van der Waals surface area contributed by atoms with E-state index in [1.54, 1.807) is 12.1 Å². The minimum atomic E-state index is -0.507. The first kappa shape index (κ1) is 20.1. The third-order valence-corrected chi connectivity index (χ3v) is 4.88. The second-order valence-corrected chi connectivity index (χ2v) is 6.82. The maximum Gasteiger partial charge on any atom is 0.273 e. The van der Waals surface area contributed by atoms with Crippen molar-refractivity contribution in [3.63, 3.8) is 0 Å². The summed E-state index contributed by atoms with van der Waals surface area (Å²) in [5.74, 6) is 0.619. The van der Waals surface area contributed by atoms with Gasteiger partial charge in [0.15, 0.2) is 0 Å². The van der Waals surface area contributed by atoms with Gasteiger partial charge in [-0.25, -0.2) is 0 Å². The second-order valence-electron chi connectivity index (χ2n) is 6.82. The fourth-order valence-corrected chi connectivity index (χ4v) is 3.37. The molecule has 0 unspecified atom stereocenters. The van der Waals surface area contributed by atoms with Gasteiger partial charge < -0.3 is 14.5 Å². The summed E-state index contributed by atoms with van der Waals surface area (Å²) in [6.45, 7) is 0. The number of nitrogens with one attached hydrogen (secondary N) is 1. The van der Waals surface area contributed by atoms with Crippen LogP contribution in [0.15, 0.2) is 40.3 Å². The van der Waals surface area contributed by atoms with Crippen LogP contribution in [-0.4, -0.2) is 24.0 Å². The summed E-state index contributed by atoms with van der Waals surface area (Å²) < 4.78 is 11.0. The van der Waals surface area contributed by atoms with E-state index < -0.39 is 10.8 Å². The molecule has 3 rings (SSSR count). The molecule has 0 bridgehead atoms. The number of nitro groups is 1. The van der Waals surface area contributed by atoms with Crippen LogP contribution in [0.2, 0.25) is 0 Å². The molecule has 1 aliphatic rings. The highest BCUT2D eigenvalue weighted by Gasteiger charge is 2.19. The van der Waals surface area contributed by atoms with Crippen LogP contribution in [0.25, 0.3) is 17.4 Å². The van der Waals surface area contributed by atoms with Crippen LogP contribution in [-0.2, 0) is 4.79 Å². The number of nitrogens with zero attached hydrogens (tertiary/aromatic N) is 2. The predicted octanol–water partition coefficient (Wildman–Crippen LogP) is 4.22. The van der Waals surface area contributed by atoms with Crippen molar-refractivity contribution in [2.45, 2.75) is 38.1 Å². The van der Waals surface area contributed by atoms with Crippen LogP contribution in [0.1, 0.15) is 37.9 Å². The molecular weight excluding hydrogens is 374 g/mol. The Kier molecular flexibility index (Phi) is 6.29. The summed E-state index contributed by atoms with van der Waals surface area (Å²) in [6, 6.07) is 9.50. The topological polar surface area (TPSA) is 118 Å². The van der Waals surface area contributed by atoms with Crippen LogP contribution >= 0.6 is 0 Å². The number of ether oxygens (including phenoxy) is 1. The van der Waals surface area contributed by atoms with Crippen molar-refractivity contribution in [1.29, 1.82) is 5.26 Å². The van der Waals surface area contributed by atoms with Crippen molar-refractivity contribution in [2.75, 3.05) is 7.11 Å². The number of hydrogen-bond donors (Lipinski definition) is 1. The second kappa shape index (κ2) is 9.06. The van der Waals surface area contributed by atoms with E-state index in [1.807, 2.05) is 6.07 Å². The third kappa shape index (κ3) is 4.82. The lowest BCUT2D eigenvalue weighted by Gasteiger charge is -2.22. The van der Waals surface area contributed by atoms with Crippen molar-refractivity contribution < 1.29 is 18.9 Å². The molecule has 1 N–H and O–H groups in total. The fraction of sp³-hybridized carbons (Fsp3) is 0.333. The van der Waals surface area contributed by atoms with E-state index in [4.69, 9.17) is 9.15 Å². The molecule has 0 spiro atoms. The monoisotopic (exact) mass is 395 g/mol. The Hall–Kier alpha value is -3.60. The molecule has 0 atom stereocenters. The van der Waals surface area contributed by atoms with Crippen molar-refractivity contribution in [3.8, 4) is 23.1 Å². The quantitative estimate of drug-likeness (QED) is 0.338. The van der Waals surface area contributed by atoms with Gasteiger partial charge in [-0.05, 0) is 31.0 Å². The number of benzene rings is 1. The number of carbonyl (C=O) groups is 1. The van der Waals surface area contributed by atoms with Crippen LogP contribution < -0.4 is 10.1 Å². The lowest BCUT2D eigenvalue weighted by Crippen LogP contribution is -2.36. The SMILES string of the molecule is COc1cc([N+](=O)[O-])ccc1-c1ccc(/C=C(/C#N)C(=O)NC2CCCCC2)o1. The Balaban J connectivity index is 1.80. The van der Waals surface area contributed by atoms with Gasteiger partial charge in [0, 0.05) is 18.2 Å². The number of nitriles is 1.